The Morgan fingerprint density at radius 3 is 1.92 bits per heavy atom. The highest BCUT2D eigenvalue weighted by Gasteiger charge is 2.22. The average Bonchev–Trinajstić information content (AvgIpc) is 2.95. The molecule has 0 unspecified atom stereocenters. The predicted octanol–water partition coefficient (Wildman–Crippen LogP) is 8.31. The third-order valence-corrected chi connectivity index (χ3v) is 7.16. The first-order chi connectivity index (χ1) is 18.1. The molecule has 0 heterocycles. The molecule has 1 atom stereocenters. The predicted molar refractivity (Wildman–Crippen MR) is 153 cm³/mol. The van der Waals surface area contributed by atoms with Gasteiger partial charge < -0.3 is 10.1 Å². The van der Waals surface area contributed by atoms with Crippen LogP contribution < -0.4 is 10.1 Å². The number of methoxy groups -OCH3 is 1. The van der Waals surface area contributed by atoms with E-state index in [0.717, 1.165) is 49.4 Å². The third-order valence-electron chi connectivity index (χ3n) is 7.16. The van der Waals surface area contributed by atoms with Crippen molar-refractivity contribution in [3.8, 4) is 16.9 Å². The smallest absolute Gasteiger partial charge is 0.252 e. The van der Waals surface area contributed by atoms with E-state index >= 15 is 0 Å². The second-order valence-electron chi connectivity index (χ2n) is 9.37. The van der Waals surface area contributed by atoms with Crippen molar-refractivity contribution in [1.82, 2.24) is 5.32 Å². The number of amides is 1. The lowest BCUT2D eigenvalue weighted by Crippen LogP contribution is -2.27. The summed E-state index contributed by atoms with van der Waals surface area (Å²) < 4.78 is 5.85. The van der Waals surface area contributed by atoms with Crippen LogP contribution in [0.1, 0.15) is 28.9 Å². The van der Waals surface area contributed by atoms with Gasteiger partial charge in [0.2, 0.25) is 0 Å². The average molecular weight is 482 g/mol. The number of carbonyl (C=O) groups excluding carboxylic acids is 1. The van der Waals surface area contributed by atoms with Gasteiger partial charge in [0, 0.05) is 16.7 Å². The number of rotatable bonds is 5. The Morgan fingerprint density at radius 2 is 1.22 bits per heavy atom. The van der Waals surface area contributed by atoms with Crippen LogP contribution in [0.3, 0.4) is 0 Å². The molecule has 3 heteroatoms. The van der Waals surface area contributed by atoms with Crippen molar-refractivity contribution in [2.45, 2.75) is 13.0 Å². The fraction of sp³-hybridized carbons (Fsp3) is 0.0882. The second-order valence-corrected chi connectivity index (χ2v) is 9.37. The Bertz CT molecular complexity index is 1790. The van der Waals surface area contributed by atoms with Crippen molar-refractivity contribution in [1.29, 1.82) is 0 Å². The largest absolute Gasteiger partial charge is 0.496 e. The highest BCUT2D eigenvalue weighted by Crippen LogP contribution is 2.42. The van der Waals surface area contributed by atoms with Crippen molar-refractivity contribution in [3.63, 3.8) is 0 Å². The lowest BCUT2D eigenvalue weighted by Gasteiger charge is -2.20. The summed E-state index contributed by atoms with van der Waals surface area (Å²) in [5.41, 5.74) is 3.51. The summed E-state index contributed by atoms with van der Waals surface area (Å²) >= 11 is 0. The molecule has 1 N–H and O–H groups in total. The van der Waals surface area contributed by atoms with Gasteiger partial charge in [-0.1, -0.05) is 97.1 Å². The molecule has 6 aromatic rings. The van der Waals surface area contributed by atoms with Crippen LogP contribution in [0, 0.1) is 0 Å². The number of carbonyl (C=O) groups is 1. The Morgan fingerprint density at radius 1 is 0.649 bits per heavy atom. The Kier molecular flexibility index (Phi) is 5.82. The molecule has 0 aliphatic heterocycles. The lowest BCUT2D eigenvalue weighted by molar-refractivity contribution is 0.0940. The summed E-state index contributed by atoms with van der Waals surface area (Å²) in [6.07, 6.45) is 0. The number of ether oxygens (including phenoxy) is 1. The monoisotopic (exact) mass is 481 g/mol. The van der Waals surface area contributed by atoms with Crippen molar-refractivity contribution in [3.05, 3.63) is 126 Å². The van der Waals surface area contributed by atoms with Crippen LogP contribution in [-0.4, -0.2) is 13.0 Å². The van der Waals surface area contributed by atoms with E-state index in [0.29, 0.717) is 5.56 Å². The molecular weight excluding hydrogens is 454 g/mol. The van der Waals surface area contributed by atoms with Gasteiger partial charge in [0.1, 0.15) is 5.75 Å². The third kappa shape index (κ3) is 4.09. The summed E-state index contributed by atoms with van der Waals surface area (Å²) in [6, 6.07) is 38.9. The minimum Gasteiger partial charge on any atom is -0.496 e. The fourth-order valence-corrected chi connectivity index (χ4v) is 5.24. The zero-order chi connectivity index (χ0) is 25.4. The fourth-order valence-electron chi connectivity index (χ4n) is 5.24. The van der Waals surface area contributed by atoms with Crippen molar-refractivity contribution in [2.75, 3.05) is 7.11 Å². The first kappa shape index (κ1) is 22.8. The van der Waals surface area contributed by atoms with Crippen molar-refractivity contribution < 1.29 is 9.53 Å². The van der Waals surface area contributed by atoms with E-state index in [1.165, 1.54) is 5.39 Å². The van der Waals surface area contributed by atoms with Crippen molar-refractivity contribution in [2.24, 2.45) is 0 Å². The SMILES string of the molecule is COc1ccc2ccccc2c1-c1c(C(=O)N[C@H](C)c2ccc3ccccc3c2)ccc2ccccc12. The standard InChI is InChI=1S/C34H27NO2/c1-22(26-16-15-23-9-3-4-12-27(23)21-26)35-34(36)30-19-17-24-10-5-7-13-28(24)32(30)33-29-14-8-6-11-25(29)18-20-31(33)37-2/h3-22H,1-2H3,(H,35,36)/t22-/m1/s1. The van der Waals surface area contributed by atoms with E-state index in [1.807, 2.05) is 61.5 Å². The summed E-state index contributed by atoms with van der Waals surface area (Å²) in [4.78, 5) is 13.9. The lowest BCUT2D eigenvalue weighted by atomic mass is 9.89. The number of nitrogens with one attached hydrogen (secondary N) is 1. The first-order valence-corrected chi connectivity index (χ1v) is 12.5. The van der Waals surface area contributed by atoms with Gasteiger partial charge in [-0.3, -0.25) is 4.79 Å². The number of benzene rings is 6. The van der Waals surface area contributed by atoms with Gasteiger partial charge in [-0.25, -0.2) is 0 Å². The molecule has 3 nitrogen and oxygen atoms in total. The molecule has 0 aliphatic carbocycles. The number of hydrogen-bond acceptors (Lipinski definition) is 2. The maximum Gasteiger partial charge on any atom is 0.252 e. The summed E-state index contributed by atoms with van der Waals surface area (Å²) in [5, 5.41) is 9.85. The quantitative estimate of drug-likeness (QED) is 0.269. The van der Waals surface area contributed by atoms with E-state index in [-0.39, 0.29) is 11.9 Å². The molecule has 6 rings (SSSR count). The van der Waals surface area contributed by atoms with Gasteiger partial charge in [-0.05, 0) is 63.0 Å². The molecule has 6 aromatic carbocycles. The number of hydrogen-bond donors (Lipinski definition) is 1. The van der Waals surface area contributed by atoms with Crippen LogP contribution in [0.5, 0.6) is 5.75 Å². The van der Waals surface area contributed by atoms with Crippen LogP contribution in [0.2, 0.25) is 0 Å². The van der Waals surface area contributed by atoms with Gasteiger partial charge in [0.15, 0.2) is 0 Å². The topological polar surface area (TPSA) is 38.3 Å². The molecule has 0 aliphatic rings. The van der Waals surface area contributed by atoms with Gasteiger partial charge in [0.05, 0.1) is 13.2 Å². The Balaban J connectivity index is 1.50. The highest BCUT2D eigenvalue weighted by atomic mass is 16.5. The molecule has 1 amide bonds. The molecule has 0 saturated carbocycles. The van der Waals surface area contributed by atoms with Gasteiger partial charge >= 0.3 is 0 Å². The summed E-state index contributed by atoms with van der Waals surface area (Å²) in [6.45, 7) is 2.03. The van der Waals surface area contributed by atoms with Crippen LogP contribution >= 0.6 is 0 Å². The maximum atomic E-state index is 13.9. The van der Waals surface area contributed by atoms with E-state index in [4.69, 9.17) is 4.74 Å². The molecule has 0 spiro atoms. The van der Waals surface area contributed by atoms with Crippen LogP contribution in [0.4, 0.5) is 0 Å². The first-order valence-electron chi connectivity index (χ1n) is 12.5. The van der Waals surface area contributed by atoms with E-state index in [9.17, 15) is 4.79 Å². The molecule has 0 radical (unpaired) electrons. The highest BCUT2D eigenvalue weighted by molar-refractivity contribution is 6.15. The zero-order valence-electron chi connectivity index (χ0n) is 20.9. The second kappa shape index (κ2) is 9.44. The number of fused-ring (bicyclic) bond motifs is 3. The van der Waals surface area contributed by atoms with E-state index in [1.54, 1.807) is 7.11 Å². The van der Waals surface area contributed by atoms with Gasteiger partial charge in [-0.2, -0.15) is 0 Å². The van der Waals surface area contributed by atoms with Gasteiger partial charge in [0.25, 0.3) is 5.91 Å². The Hall–Kier alpha value is -4.63. The maximum absolute atomic E-state index is 13.9. The summed E-state index contributed by atoms with van der Waals surface area (Å²) in [5.74, 6) is 0.628. The van der Waals surface area contributed by atoms with Gasteiger partial charge in [-0.15, -0.1) is 0 Å². The molecule has 0 fully saturated rings. The molecule has 37 heavy (non-hydrogen) atoms. The molecule has 0 bridgehead atoms. The van der Waals surface area contributed by atoms with E-state index in [2.05, 4.69) is 66.0 Å². The van der Waals surface area contributed by atoms with E-state index < -0.39 is 0 Å². The minimum atomic E-state index is -0.161. The molecule has 0 saturated heterocycles. The zero-order valence-corrected chi connectivity index (χ0v) is 20.9. The minimum absolute atomic E-state index is 0.114. The normalized spacial score (nSPS) is 12.1. The van der Waals surface area contributed by atoms with Crippen molar-refractivity contribution >= 4 is 38.2 Å². The van der Waals surface area contributed by atoms with Crippen LogP contribution in [0.15, 0.2) is 115 Å². The summed E-state index contributed by atoms with van der Waals surface area (Å²) in [7, 11) is 1.68. The molecule has 180 valence electrons. The molecular formula is C34H27NO2. The Labute approximate surface area is 216 Å². The van der Waals surface area contributed by atoms with Crippen LogP contribution in [0.25, 0.3) is 43.4 Å². The van der Waals surface area contributed by atoms with Crippen LogP contribution in [-0.2, 0) is 0 Å². The molecule has 0 aromatic heterocycles.